The molecule has 0 aromatic heterocycles. The van der Waals surface area contributed by atoms with Gasteiger partial charge < -0.3 is 10.1 Å². The molecule has 2 saturated carbocycles. The maximum Gasteiger partial charge on any atom is 0.313 e. The van der Waals surface area contributed by atoms with Crippen molar-refractivity contribution >= 4 is 23.5 Å². The van der Waals surface area contributed by atoms with Gasteiger partial charge in [0, 0.05) is 22.4 Å². The number of hydrogen-bond donors (Lipinski definition) is 1. The summed E-state index contributed by atoms with van der Waals surface area (Å²) in [6.45, 7) is 5.90. The summed E-state index contributed by atoms with van der Waals surface area (Å²) in [5.41, 5.74) is -0.906. The SMILES string of the molecule is CC1(C)[C@@]2(C(=O)N[C@H]3CC[C@H]3c3ccc(Cl)cc3)CC[C@]1(C)C(=O)O2. The van der Waals surface area contributed by atoms with Gasteiger partial charge in [-0.3, -0.25) is 9.59 Å². The summed E-state index contributed by atoms with van der Waals surface area (Å²) in [7, 11) is 0. The molecule has 3 aliphatic rings. The fourth-order valence-electron chi connectivity index (χ4n) is 4.81. The van der Waals surface area contributed by atoms with Crippen LogP contribution in [0.3, 0.4) is 0 Å². The molecule has 4 atom stereocenters. The number of rotatable bonds is 3. The number of carbonyl (C=O) groups is 2. The summed E-state index contributed by atoms with van der Waals surface area (Å²) in [4.78, 5) is 25.5. The average Bonchev–Trinajstić information content (AvgIpc) is 2.84. The lowest BCUT2D eigenvalue weighted by molar-refractivity contribution is -0.169. The Morgan fingerprint density at radius 3 is 2.32 bits per heavy atom. The third-order valence-electron chi connectivity index (χ3n) is 7.34. The van der Waals surface area contributed by atoms with Gasteiger partial charge in [-0.25, -0.2) is 0 Å². The summed E-state index contributed by atoms with van der Waals surface area (Å²) in [6, 6.07) is 7.91. The molecule has 1 aromatic carbocycles. The lowest BCUT2D eigenvalue weighted by Crippen LogP contribution is -2.58. The molecule has 2 bridgehead atoms. The molecule has 1 saturated heterocycles. The van der Waals surface area contributed by atoms with E-state index in [4.69, 9.17) is 16.3 Å². The Bertz CT molecular complexity index is 744. The zero-order valence-electron chi connectivity index (χ0n) is 14.9. The van der Waals surface area contributed by atoms with Gasteiger partial charge in [-0.2, -0.15) is 0 Å². The Hall–Kier alpha value is -1.55. The molecule has 0 radical (unpaired) electrons. The van der Waals surface area contributed by atoms with E-state index in [-0.39, 0.29) is 17.9 Å². The van der Waals surface area contributed by atoms with Crippen LogP contribution in [0.4, 0.5) is 0 Å². The Morgan fingerprint density at radius 1 is 1.16 bits per heavy atom. The number of ether oxygens (including phenoxy) is 1. The van der Waals surface area contributed by atoms with Gasteiger partial charge in [0.1, 0.15) is 0 Å². The van der Waals surface area contributed by atoms with Crippen molar-refractivity contribution in [2.75, 3.05) is 0 Å². The van der Waals surface area contributed by atoms with Gasteiger partial charge in [0.15, 0.2) is 5.60 Å². The number of nitrogens with one attached hydrogen (secondary N) is 1. The highest BCUT2D eigenvalue weighted by Crippen LogP contribution is 2.65. The van der Waals surface area contributed by atoms with E-state index in [2.05, 4.69) is 5.32 Å². The normalized spacial score (nSPS) is 38.2. The molecule has 5 heteroatoms. The lowest BCUT2D eigenvalue weighted by Gasteiger charge is -2.41. The summed E-state index contributed by atoms with van der Waals surface area (Å²) < 4.78 is 5.69. The van der Waals surface area contributed by atoms with Crippen LogP contribution < -0.4 is 5.32 Å². The largest absolute Gasteiger partial charge is 0.448 e. The van der Waals surface area contributed by atoms with E-state index in [0.717, 1.165) is 12.8 Å². The second-order valence-corrected chi connectivity index (χ2v) is 8.93. The zero-order chi connectivity index (χ0) is 18.0. The van der Waals surface area contributed by atoms with Crippen molar-refractivity contribution in [2.45, 2.75) is 64.0 Å². The minimum absolute atomic E-state index is 0.0880. The average molecular weight is 362 g/mol. The van der Waals surface area contributed by atoms with E-state index in [1.807, 2.05) is 45.0 Å². The fourth-order valence-corrected chi connectivity index (χ4v) is 4.94. The van der Waals surface area contributed by atoms with Crippen molar-refractivity contribution in [2.24, 2.45) is 10.8 Å². The van der Waals surface area contributed by atoms with Crippen molar-refractivity contribution < 1.29 is 14.3 Å². The fraction of sp³-hybridized carbons (Fsp3) is 0.600. The van der Waals surface area contributed by atoms with Crippen molar-refractivity contribution in [1.29, 1.82) is 0 Å². The van der Waals surface area contributed by atoms with Gasteiger partial charge in [0.05, 0.1) is 5.41 Å². The van der Waals surface area contributed by atoms with E-state index in [1.165, 1.54) is 5.56 Å². The van der Waals surface area contributed by atoms with E-state index >= 15 is 0 Å². The van der Waals surface area contributed by atoms with Crippen molar-refractivity contribution in [1.82, 2.24) is 5.32 Å². The molecule has 2 aliphatic carbocycles. The molecular formula is C20H24ClNO3. The second kappa shape index (κ2) is 5.23. The van der Waals surface area contributed by atoms with Crippen molar-refractivity contribution in [3.8, 4) is 0 Å². The van der Waals surface area contributed by atoms with Crippen molar-refractivity contribution in [3.63, 3.8) is 0 Å². The molecule has 25 heavy (non-hydrogen) atoms. The molecule has 1 N–H and O–H groups in total. The number of benzene rings is 1. The molecule has 0 unspecified atom stereocenters. The highest BCUT2D eigenvalue weighted by Gasteiger charge is 2.75. The number of fused-ring (bicyclic) bond motifs is 2. The summed E-state index contributed by atoms with van der Waals surface area (Å²) in [5.74, 6) is -0.0666. The number of esters is 1. The Labute approximate surface area is 153 Å². The molecular weight excluding hydrogens is 338 g/mol. The standard InChI is InChI=1S/C20H24ClNO3/c1-18(2)19(3)10-11-20(18,25-17(19)24)16(23)22-15-9-8-14(15)12-4-6-13(21)7-5-12/h4-7,14-15H,8-11H2,1-3H3,(H,22,23)/t14-,15-,19+,20-/m0/s1. The van der Waals surface area contributed by atoms with E-state index in [1.54, 1.807) is 0 Å². The van der Waals surface area contributed by atoms with E-state index in [9.17, 15) is 9.59 Å². The van der Waals surface area contributed by atoms with Crippen LogP contribution >= 0.6 is 11.6 Å². The first-order valence-corrected chi connectivity index (χ1v) is 9.39. The maximum absolute atomic E-state index is 13.2. The molecule has 1 amide bonds. The van der Waals surface area contributed by atoms with Crippen LogP contribution in [0.15, 0.2) is 24.3 Å². The smallest absolute Gasteiger partial charge is 0.313 e. The maximum atomic E-state index is 13.2. The monoisotopic (exact) mass is 361 g/mol. The number of halogens is 1. The van der Waals surface area contributed by atoms with Crippen LogP contribution in [0.25, 0.3) is 0 Å². The van der Waals surface area contributed by atoms with Crippen LogP contribution in [0.5, 0.6) is 0 Å². The first-order chi connectivity index (χ1) is 11.7. The summed E-state index contributed by atoms with van der Waals surface area (Å²) in [5, 5.41) is 3.90. The number of hydrogen-bond acceptors (Lipinski definition) is 3. The quantitative estimate of drug-likeness (QED) is 0.832. The molecule has 4 rings (SSSR count). The first-order valence-electron chi connectivity index (χ1n) is 9.01. The minimum Gasteiger partial charge on any atom is -0.448 e. The topological polar surface area (TPSA) is 55.4 Å². The van der Waals surface area contributed by atoms with E-state index in [0.29, 0.717) is 23.8 Å². The molecule has 1 aliphatic heterocycles. The predicted molar refractivity (Wildman–Crippen MR) is 95.3 cm³/mol. The molecule has 4 nitrogen and oxygen atoms in total. The summed E-state index contributed by atoms with van der Waals surface area (Å²) in [6.07, 6.45) is 3.30. The van der Waals surface area contributed by atoms with E-state index < -0.39 is 16.4 Å². The van der Waals surface area contributed by atoms with Gasteiger partial charge in [-0.1, -0.05) is 37.6 Å². The van der Waals surface area contributed by atoms with Crippen LogP contribution in [0.1, 0.15) is 57.9 Å². The Kier molecular flexibility index (Phi) is 3.53. The molecule has 1 heterocycles. The third kappa shape index (κ3) is 2.06. The molecule has 0 spiro atoms. The zero-order valence-corrected chi connectivity index (χ0v) is 15.7. The molecule has 3 fully saturated rings. The van der Waals surface area contributed by atoms with Crippen LogP contribution in [0.2, 0.25) is 5.02 Å². The first kappa shape index (κ1) is 16.9. The Morgan fingerprint density at radius 2 is 1.84 bits per heavy atom. The predicted octanol–water partition coefficient (Wildman–Crippen LogP) is 3.82. The van der Waals surface area contributed by atoms with Crippen LogP contribution in [-0.4, -0.2) is 23.5 Å². The highest BCUT2D eigenvalue weighted by atomic mass is 35.5. The van der Waals surface area contributed by atoms with Gasteiger partial charge in [-0.15, -0.1) is 0 Å². The molecule has 1 aromatic rings. The van der Waals surface area contributed by atoms with Crippen LogP contribution in [0, 0.1) is 10.8 Å². The van der Waals surface area contributed by atoms with Crippen LogP contribution in [-0.2, 0) is 14.3 Å². The Balaban J connectivity index is 1.53. The van der Waals surface area contributed by atoms with Gasteiger partial charge >= 0.3 is 5.97 Å². The third-order valence-corrected chi connectivity index (χ3v) is 7.59. The highest BCUT2D eigenvalue weighted by molar-refractivity contribution is 6.30. The van der Waals surface area contributed by atoms with Crippen molar-refractivity contribution in [3.05, 3.63) is 34.9 Å². The number of carbonyl (C=O) groups excluding carboxylic acids is 2. The van der Waals surface area contributed by atoms with Gasteiger partial charge in [0.25, 0.3) is 5.91 Å². The second-order valence-electron chi connectivity index (χ2n) is 8.49. The van der Waals surface area contributed by atoms with Gasteiger partial charge in [-0.05, 0) is 50.3 Å². The molecule has 134 valence electrons. The van der Waals surface area contributed by atoms with Gasteiger partial charge in [0.2, 0.25) is 0 Å². The minimum atomic E-state index is -1.03. The summed E-state index contributed by atoms with van der Waals surface area (Å²) >= 11 is 5.97. The lowest BCUT2D eigenvalue weighted by atomic mass is 9.66. The number of amides is 1.